The van der Waals surface area contributed by atoms with Crippen LogP contribution in [0.25, 0.3) is 0 Å². The van der Waals surface area contributed by atoms with Crippen molar-refractivity contribution in [2.45, 2.75) is 24.9 Å². The van der Waals surface area contributed by atoms with Crippen LogP contribution in [0.3, 0.4) is 0 Å². The molecule has 1 N–H and O–H groups in total. The van der Waals surface area contributed by atoms with Crippen LogP contribution in [-0.2, 0) is 16.0 Å². The van der Waals surface area contributed by atoms with E-state index in [4.69, 9.17) is 4.74 Å². The summed E-state index contributed by atoms with van der Waals surface area (Å²) < 4.78 is 45.4. The quantitative estimate of drug-likeness (QED) is 0.691. The van der Waals surface area contributed by atoms with Crippen molar-refractivity contribution in [2.24, 2.45) is 0 Å². The Balaban J connectivity index is 1.81. The maximum atomic E-state index is 13.9. The molecule has 2 atom stereocenters. The van der Waals surface area contributed by atoms with Crippen molar-refractivity contribution in [1.82, 2.24) is 5.32 Å². The molecule has 0 radical (unpaired) electrons. The Morgan fingerprint density at radius 1 is 1.04 bits per heavy atom. The Bertz CT molecular complexity index is 737. The van der Waals surface area contributed by atoms with E-state index in [0.717, 1.165) is 11.6 Å². The van der Waals surface area contributed by atoms with Gasteiger partial charge in [0, 0.05) is 12.1 Å². The number of halogens is 3. The molecule has 1 saturated heterocycles. The van der Waals surface area contributed by atoms with Crippen LogP contribution in [0.1, 0.15) is 23.6 Å². The van der Waals surface area contributed by atoms with E-state index in [1.165, 1.54) is 0 Å². The molecule has 6 heteroatoms. The number of hydrogen-bond acceptors (Lipinski definition) is 3. The van der Waals surface area contributed by atoms with Crippen molar-refractivity contribution in [3.05, 3.63) is 71.0 Å². The van der Waals surface area contributed by atoms with Gasteiger partial charge in [0.2, 0.25) is 0 Å². The molecule has 2 aromatic rings. The first-order chi connectivity index (χ1) is 11.5. The average molecular weight is 335 g/mol. The average Bonchev–Trinajstić information content (AvgIpc) is 2.75. The lowest BCUT2D eigenvalue weighted by atomic mass is 10.0. The summed E-state index contributed by atoms with van der Waals surface area (Å²) in [6.45, 7) is 0.166. The van der Waals surface area contributed by atoms with E-state index >= 15 is 0 Å². The molecule has 0 amide bonds. The number of hydrogen-bond donors (Lipinski definition) is 1. The SMILES string of the molecule is O=C1C[C@H](Cc2cc(F)c(F)cc2F)N[C@H](c2ccccc2)CO1. The standard InChI is InChI=1S/C18H16F3NO2/c19-14-9-16(21)15(20)7-12(14)6-13-8-18(23)24-10-17(22-13)11-4-2-1-3-5-11/h1-5,7,9,13,17,22H,6,8,10H2/t13-,17-/m0/s1. The smallest absolute Gasteiger partial charge is 0.307 e. The van der Waals surface area contributed by atoms with Crippen LogP contribution < -0.4 is 5.32 Å². The van der Waals surface area contributed by atoms with E-state index in [9.17, 15) is 18.0 Å². The van der Waals surface area contributed by atoms with Gasteiger partial charge in [-0.25, -0.2) is 13.2 Å². The first-order valence-corrected chi connectivity index (χ1v) is 7.63. The van der Waals surface area contributed by atoms with Gasteiger partial charge >= 0.3 is 5.97 Å². The molecule has 1 aliphatic heterocycles. The molecule has 3 nitrogen and oxygen atoms in total. The molecule has 3 rings (SSSR count). The highest BCUT2D eigenvalue weighted by molar-refractivity contribution is 5.70. The fraction of sp³-hybridized carbons (Fsp3) is 0.278. The monoisotopic (exact) mass is 335 g/mol. The van der Waals surface area contributed by atoms with Crippen molar-refractivity contribution in [2.75, 3.05) is 6.61 Å². The highest BCUT2D eigenvalue weighted by Gasteiger charge is 2.26. The second-order valence-corrected chi connectivity index (χ2v) is 5.78. The van der Waals surface area contributed by atoms with Crippen molar-refractivity contribution in [3.8, 4) is 0 Å². The Morgan fingerprint density at radius 3 is 2.50 bits per heavy atom. The third-order valence-electron chi connectivity index (χ3n) is 4.02. The number of cyclic esters (lactones) is 1. The molecule has 0 spiro atoms. The van der Waals surface area contributed by atoms with Crippen LogP contribution in [0.2, 0.25) is 0 Å². The molecular formula is C18H16F3NO2. The van der Waals surface area contributed by atoms with Crippen LogP contribution in [0, 0.1) is 17.5 Å². The number of esters is 1. The van der Waals surface area contributed by atoms with Crippen molar-refractivity contribution in [1.29, 1.82) is 0 Å². The predicted molar refractivity (Wildman–Crippen MR) is 81.7 cm³/mol. The van der Waals surface area contributed by atoms with Gasteiger partial charge in [-0.3, -0.25) is 4.79 Å². The largest absolute Gasteiger partial charge is 0.464 e. The second kappa shape index (κ2) is 7.05. The highest BCUT2D eigenvalue weighted by Crippen LogP contribution is 2.22. The van der Waals surface area contributed by atoms with Crippen LogP contribution in [-0.4, -0.2) is 18.6 Å². The van der Waals surface area contributed by atoms with Crippen LogP contribution >= 0.6 is 0 Å². The first kappa shape index (κ1) is 16.5. The van der Waals surface area contributed by atoms with E-state index in [-0.39, 0.29) is 31.1 Å². The molecule has 0 aliphatic carbocycles. The van der Waals surface area contributed by atoms with Gasteiger partial charge in [0.25, 0.3) is 0 Å². The van der Waals surface area contributed by atoms with E-state index in [2.05, 4.69) is 5.32 Å². The number of nitrogens with one attached hydrogen (secondary N) is 1. The van der Waals surface area contributed by atoms with Crippen molar-refractivity contribution >= 4 is 5.97 Å². The molecule has 24 heavy (non-hydrogen) atoms. The summed E-state index contributed by atoms with van der Waals surface area (Å²) in [4.78, 5) is 11.8. The molecule has 2 aromatic carbocycles. The van der Waals surface area contributed by atoms with Gasteiger partial charge in [-0.1, -0.05) is 30.3 Å². The van der Waals surface area contributed by atoms with Gasteiger partial charge in [0.1, 0.15) is 12.4 Å². The zero-order valence-corrected chi connectivity index (χ0v) is 12.8. The zero-order valence-electron chi connectivity index (χ0n) is 12.8. The Kier molecular flexibility index (Phi) is 4.85. The highest BCUT2D eigenvalue weighted by atomic mass is 19.2. The number of benzene rings is 2. The molecule has 1 fully saturated rings. The van der Waals surface area contributed by atoms with E-state index < -0.39 is 29.5 Å². The Labute approximate surface area is 137 Å². The van der Waals surface area contributed by atoms with Crippen molar-refractivity contribution in [3.63, 3.8) is 0 Å². The number of rotatable bonds is 3. The Morgan fingerprint density at radius 2 is 1.75 bits per heavy atom. The minimum atomic E-state index is -1.23. The topological polar surface area (TPSA) is 38.3 Å². The summed E-state index contributed by atoms with van der Waals surface area (Å²) in [6, 6.07) is 10.1. The van der Waals surface area contributed by atoms with Gasteiger partial charge < -0.3 is 10.1 Å². The Hall–Kier alpha value is -2.34. The van der Waals surface area contributed by atoms with E-state index in [1.54, 1.807) is 0 Å². The summed E-state index contributed by atoms with van der Waals surface area (Å²) >= 11 is 0. The maximum absolute atomic E-state index is 13.9. The minimum absolute atomic E-state index is 0.0212. The molecule has 0 saturated carbocycles. The summed E-state index contributed by atoms with van der Waals surface area (Å²) in [5.41, 5.74) is 0.955. The molecule has 0 bridgehead atoms. The van der Waals surface area contributed by atoms with Gasteiger partial charge in [-0.05, 0) is 23.6 Å². The van der Waals surface area contributed by atoms with Gasteiger partial charge in [0.05, 0.1) is 12.5 Å². The summed E-state index contributed by atoms with van der Waals surface area (Å²) in [5, 5.41) is 3.24. The maximum Gasteiger partial charge on any atom is 0.307 e. The lowest BCUT2D eigenvalue weighted by Crippen LogP contribution is -2.35. The fourth-order valence-electron chi connectivity index (χ4n) is 2.82. The lowest BCUT2D eigenvalue weighted by molar-refractivity contribution is -0.143. The minimum Gasteiger partial charge on any atom is -0.464 e. The van der Waals surface area contributed by atoms with Crippen LogP contribution in [0.4, 0.5) is 13.2 Å². The zero-order chi connectivity index (χ0) is 17.1. The summed E-state index contributed by atoms with van der Waals surface area (Å²) in [6.07, 6.45) is 0.0865. The summed E-state index contributed by atoms with van der Waals surface area (Å²) in [5.74, 6) is -3.58. The van der Waals surface area contributed by atoms with Crippen LogP contribution in [0.15, 0.2) is 42.5 Å². The molecular weight excluding hydrogens is 319 g/mol. The second-order valence-electron chi connectivity index (χ2n) is 5.78. The first-order valence-electron chi connectivity index (χ1n) is 7.63. The summed E-state index contributed by atoms with van der Waals surface area (Å²) in [7, 11) is 0. The molecule has 126 valence electrons. The molecule has 1 aliphatic rings. The van der Waals surface area contributed by atoms with Gasteiger partial charge in [-0.15, -0.1) is 0 Å². The number of ether oxygens (including phenoxy) is 1. The molecule has 0 aromatic heterocycles. The van der Waals surface area contributed by atoms with Gasteiger partial charge in [0.15, 0.2) is 11.6 Å². The third-order valence-corrected chi connectivity index (χ3v) is 4.02. The van der Waals surface area contributed by atoms with E-state index in [1.807, 2.05) is 30.3 Å². The molecule has 1 heterocycles. The normalized spacial score (nSPS) is 21.2. The molecule has 0 unspecified atom stereocenters. The van der Waals surface area contributed by atoms with Gasteiger partial charge in [-0.2, -0.15) is 0 Å². The lowest BCUT2D eigenvalue weighted by Gasteiger charge is -2.21. The predicted octanol–water partition coefficient (Wildman–Crippen LogP) is 3.29. The third kappa shape index (κ3) is 3.76. The number of carbonyl (C=O) groups is 1. The van der Waals surface area contributed by atoms with Crippen LogP contribution in [0.5, 0.6) is 0 Å². The number of carbonyl (C=O) groups excluding carboxylic acids is 1. The fourth-order valence-corrected chi connectivity index (χ4v) is 2.82. The van der Waals surface area contributed by atoms with E-state index in [0.29, 0.717) is 6.07 Å². The van der Waals surface area contributed by atoms with Crippen molar-refractivity contribution < 1.29 is 22.7 Å².